The van der Waals surface area contributed by atoms with Gasteiger partial charge in [-0.15, -0.1) is 0 Å². The van der Waals surface area contributed by atoms with E-state index in [2.05, 4.69) is 29.2 Å². The molecule has 1 aromatic heterocycles. The van der Waals surface area contributed by atoms with Crippen molar-refractivity contribution >= 4 is 0 Å². The van der Waals surface area contributed by atoms with Crippen molar-refractivity contribution in [2.45, 2.75) is 19.9 Å². The number of aryl methyl sites for hydroxylation is 1. The zero-order valence-electron chi connectivity index (χ0n) is 14.7. The number of rotatable bonds is 8. The number of nitrogens with two attached hydrogens (primary N) is 1. The lowest BCUT2D eigenvalue weighted by atomic mass is 10.1. The summed E-state index contributed by atoms with van der Waals surface area (Å²) in [6, 6.07) is 20.5. The minimum atomic E-state index is 0.636. The smallest absolute Gasteiger partial charge is 0.226 e. The van der Waals surface area contributed by atoms with Gasteiger partial charge in [-0.2, -0.15) is 0 Å². The summed E-state index contributed by atoms with van der Waals surface area (Å²) >= 11 is 0. The van der Waals surface area contributed by atoms with E-state index in [-0.39, 0.29) is 0 Å². The third-order valence-electron chi connectivity index (χ3n) is 4.29. The normalized spacial score (nSPS) is 11.2. The van der Waals surface area contributed by atoms with Gasteiger partial charge in [0.1, 0.15) is 5.76 Å². The molecule has 25 heavy (non-hydrogen) atoms. The number of hydrogen-bond donors (Lipinski definition) is 1. The van der Waals surface area contributed by atoms with Crippen LogP contribution in [0, 0.1) is 6.92 Å². The zero-order valence-corrected chi connectivity index (χ0v) is 14.7. The van der Waals surface area contributed by atoms with Crippen molar-refractivity contribution in [3.8, 4) is 11.5 Å². The molecule has 0 saturated carbocycles. The molecular weight excluding hydrogens is 310 g/mol. The molecule has 2 aromatic carbocycles. The Morgan fingerprint density at radius 3 is 2.32 bits per heavy atom. The average molecular weight is 335 g/mol. The van der Waals surface area contributed by atoms with Gasteiger partial charge in [0.15, 0.2) is 0 Å². The second-order valence-electron chi connectivity index (χ2n) is 6.19. The van der Waals surface area contributed by atoms with Crippen molar-refractivity contribution in [1.82, 2.24) is 9.88 Å². The predicted octanol–water partition coefficient (Wildman–Crippen LogP) is 3.65. The Morgan fingerprint density at radius 1 is 0.960 bits per heavy atom. The highest BCUT2D eigenvalue weighted by Crippen LogP contribution is 2.22. The second-order valence-corrected chi connectivity index (χ2v) is 6.19. The standard InChI is InChI=1S/C21H25N3O/c1-17-20(23-21(25-17)19-10-6-3-7-11-19)16-24(15-13-22)14-12-18-8-4-2-5-9-18/h2-11H,12-16,22H2,1H3. The number of benzene rings is 2. The highest BCUT2D eigenvalue weighted by Gasteiger charge is 2.14. The first kappa shape index (κ1) is 17.4. The lowest BCUT2D eigenvalue weighted by Crippen LogP contribution is -2.31. The van der Waals surface area contributed by atoms with Crippen LogP contribution in [-0.4, -0.2) is 29.5 Å². The highest BCUT2D eigenvalue weighted by molar-refractivity contribution is 5.53. The van der Waals surface area contributed by atoms with Gasteiger partial charge >= 0.3 is 0 Å². The van der Waals surface area contributed by atoms with Gasteiger partial charge in [0, 0.05) is 31.7 Å². The van der Waals surface area contributed by atoms with Gasteiger partial charge < -0.3 is 10.2 Å². The largest absolute Gasteiger partial charge is 0.441 e. The summed E-state index contributed by atoms with van der Waals surface area (Å²) in [7, 11) is 0. The Balaban J connectivity index is 1.68. The molecule has 0 aliphatic rings. The first-order valence-corrected chi connectivity index (χ1v) is 8.74. The van der Waals surface area contributed by atoms with Crippen LogP contribution in [-0.2, 0) is 13.0 Å². The zero-order chi connectivity index (χ0) is 17.5. The maximum Gasteiger partial charge on any atom is 0.226 e. The van der Waals surface area contributed by atoms with E-state index in [1.54, 1.807) is 0 Å². The van der Waals surface area contributed by atoms with E-state index in [4.69, 9.17) is 15.1 Å². The third kappa shape index (κ3) is 4.78. The minimum Gasteiger partial charge on any atom is -0.441 e. The lowest BCUT2D eigenvalue weighted by Gasteiger charge is -2.20. The van der Waals surface area contributed by atoms with E-state index in [9.17, 15) is 0 Å². The molecule has 0 unspecified atom stereocenters. The lowest BCUT2D eigenvalue weighted by molar-refractivity contribution is 0.272. The Bertz CT molecular complexity index is 768. The molecule has 4 heteroatoms. The number of oxazole rings is 1. The van der Waals surface area contributed by atoms with Crippen molar-refractivity contribution in [2.24, 2.45) is 5.73 Å². The van der Waals surface area contributed by atoms with Crippen molar-refractivity contribution in [1.29, 1.82) is 0 Å². The van der Waals surface area contributed by atoms with Crippen LogP contribution in [0.15, 0.2) is 65.1 Å². The summed E-state index contributed by atoms with van der Waals surface area (Å²) in [5.41, 5.74) is 9.13. The van der Waals surface area contributed by atoms with Crippen molar-refractivity contribution in [3.63, 3.8) is 0 Å². The van der Waals surface area contributed by atoms with Crippen LogP contribution >= 0.6 is 0 Å². The molecule has 0 aliphatic carbocycles. The quantitative estimate of drug-likeness (QED) is 0.683. The van der Waals surface area contributed by atoms with Crippen LogP contribution in [0.25, 0.3) is 11.5 Å². The molecule has 2 N–H and O–H groups in total. The minimum absolute atomic E-state index is 0.636. The van der Waals surface area contributed by atoms with Gasteiger partial charge in [0.05, 0.1) is 5.69 Å². The van der Waals surface area contributed by atoms with Gasteiger partial charge in [-0.1, -0.05) is 48.5 Å². The molecule has 3 aromatic rings. The van der Waals surface area contributed by atoms with Gasteiger partial charge in [0.25, 0.3) is 0 Å². The monoisotopic (exact) mass is 335 g/mol. The van der Waals surface area contributed by atoms with E-state index in [1.807, 2.05) is 43.3 Å². The first-order valence-electron chi connectivity index (χ1n) is 8.74. The fourth-order valence-electron chi connectivity index (χ4n) is 2.88. The number of nitrogens with zero attached hydrogens (tertiary/aromatic N) is 2. The molecule has 0 saturated heterocycles. The van der Waals surface area contributed by atoms with Gasteiger partial charge in [-0.3, -0.25) is 4.90 Å². The molecule has 0 aliphatic heterocycles. The Labute approximate surface area is 149 Å². The summed E-state index contributed by atoms with van der Waals surface area (Å²) in [4.78, 5) is 7.05. The topological polar surface area (TPSA) is 55.3 Å². The van der Waals surface area contributed by atoms with Gasteiger partial charge in [0.2, 0.25) is 5.89 Å². The molecule has 0 spiro atoms. The van der Waals surface area contributed by atoms with Crippen molar-refractivity contribution in [2.75, 3.05) is 19.6 Å². The molecule has 0 bridgehead atoms. The van der Waals surface area contributed by atoms with Crippen LogP contribution < -0.4 is 5.73 Å². The molecule has 0 radical (unpaired) electrons. The molecule has 3 rings (SSSR count). The highest BCUT2D eigenvalue weighted by atomic mass is 16.4. The van der Waals surface area contributed by atoms with E-state index in [0.717, 1.165) is 43.1 Å². The van der Waals surface area contributed by atoms with E-state index < -0.39 is 0 Å². The fourth-order valence-corrected chi connectivity index (χ4v) is 2.88. The summed E-state index contributed by atoms with van der Waals surface area (Å²) in [6.07, 6.45) is 1.00. The maximum atomic E-state index is 5.87. The third-order valence-corrected chi connectivity index (χ3v) is 4.29. The predicted molar refractivity (Wildman–Crippen MR) is 101 cm³/mol. The maximum absolute atomic E-state index is 5.87. The van der Waals surface area contributed by atoms with Crippen LogP contribution in [0.3, 0.4) is 0 Å². The Morgan fingerprint density at radius 2 is 1.64 bits per heavy atom. The summed E-state index contributed by atoms with van der Waals surface area (Å²) < 4.78 is 5.87. The molecule has 4 nitrogen and oxygen atoms in total. The average Bonchev–Trinajstić information content (AvgIpc) is 3.02. The molecular formula is C21H25N3O. The molecule has 130 valence electrons. The van der Waals surface area contributed by atoms with Crippen LogP contribution in [0.4, 0.5) is 0 Å². The fraction of sp³-hybridized carbons (Fsp3) is 0.286. The Kier molecular flexibility index (Phi) is 5.99. The molecule has 0 fully saturated rings. The second kappa shape index (κ2) is 8.60. The number of aromatic nitrogens is 1. The molecule has 1 heterocycles. The van der Waals surface area contributed by atoms with Crippen LogP contribution in [0.2, 0.25) is 0 Å². The van der Waals surface area contributed by atoms with Gasteiger partial charge in [-0.05, 0) is 31.0 Å². The van der Waals surface area contributed by atoms with Crippen molar-refractivity contribution < 1.29 is 4.42 Å². The summed E-state index contributed by atoms with van der Waals surface area (Å²) in [5.74, 6) is 1.56. The van der Waals surface area contributed by atoms with Gasteiger partial charge in [-0.25, -0.2) is 4.98 Å². The first-order chi connectivity index (χ1) is 12.3. The van der Waals surface area contributed by atoms with Crippen molar-refractivity contribution in [3.05, 3.63) is 77.7 Å². The summed E-state index contributed by atoms with van der Waals surface area (Å²) in [6.45, 7) is 5.17. The van der Waals surface area contributed by atoms with E-state index in [0.29, 0.717) is 12.4 Å². The summed E-state index contributed by atoms with van der Waals surface area (Å²) in [5, 5.41) is 0. The molecule has 0 amide bonds. The van der Waals surface area contributed by atoms with E-state index >= 15 is 0 Å². The van der Waals surface area contributed by atoms with Crippen LogP contribution in [0.1, 0.15) is 17.0 Å². The molecule has 0 atom stereocenters. The Hall–Kier alpha value is -2.43. The van der Waals surface area contributed by atoms with E-state index in [1.165, 1.54) is 5.56 Å². The SMILES string of the molecule is Cc1oc(-c2ccccc2)nc1CN(CCN)CCc1ccccc1. The van der Waals surface area contributed by atoms with Crippen LogP contribution in [0.5, 0.6) is 0 Å². The number of hydrogen-bond acceptors (Lipinski definition) is 4.